The van der Waals surface area contributed by atoms with E-state index in [9.17, 15) is 22.7 Å². The first kappa shape index (κ1) is 22.1. The number of hydrogen-bond donors (Lipinski definition) is 4. The van der Waals surface area contributed by atoms with Gasteiger partial charge in [-0.05, 0) is 42.5 Å². The maximum absolute atomic E-state index is 13.0. The van der Waals surface area contributed by atoms with Crippen LogP contribution in [0.4, 0.5) is 10.1 Å². The normalized spacial score (nSPS) is 18.9. The molecule has 0 bridgehead atoms. The van der Waals surface area contributed by atoms with E-state index in [1.54, 1.807) is 0 Å². The molecule has 1 aliphatic rings. The van der Waals surface area contributed by atoms with Gasteiger partial charge in [0.1, 0.15) is 5.82 Å². The Labute approximate surface area is 168 Å². The Morgan fingerprint density at radius 3 is 2.54 bits per heavy atom. The van der Waals surface area contributed by atoms with Gasteiger partial charge < -0.3 is 15.7 Å². The maximum atomic E-state index is 13.0. The summed E-state index contributed by atoms with van der Waals surface area (Å²) in [5, 5.41) is 15.5. The lowest BCUT2D eigenvalue weighted by atomic mass is 10.1. The van der Waals surface area contributed by atoms with Crippen LogP contribution in [0.25, 0.3) is 0 Å². The number of sulfonamides is 1. The number of rotatable bonds is 6. The highest BCUT2D eigenvalue weighted by atomic mass is 35.5. The number of halogens is 2. The zero-order valence-electron chi connectivity index (χ0n) is 14.8. The first-order chi connectivity index (χ1) is 12.8. The van der Waals surface area contributed by atoms with Crippen molar-refractivity contribution < 1.29 is 22.7 Å². The average molecular weight is 430 g/mol. The molecule has 1 amide bonds. The predicted octanol–water partition coefficient (Wildman–Crippen LogP) is 1.36. The van der Waals surface area contributed by atoms with Gasteiger partial charge in [0.15, 0.2) is 0 Å². The second-order valence-electron chi connectivity index (χ2n) is 6.34. The minimum absolute atomic E-state index is 0. The molecule has 2 aromatic rings. The number of carbonyl (C=O) groups excluding carboxylic acids is 1. The molecule has 1 aliphatic heterocycles. The van der Waals surface area contributed by atoms with Crippen LogP contribution in [0.3, 0.4) is 0 Å². The first-order valence-corrected chi connectivity index (χ1v) is 9.89. The molecule has 2 unspecified atom stereocenters. The number of hydrogen-bond acceptors (Lipinski definition) is 5. The largest absolute Gasteiger partial charge is 0.391 e. The SMILES string of the molecule is Cl.O=C(NCC1CNCC1O)c1cccc(S(=O)(=O)Nc2ccc(F)cc2)c1. The van der Waals surface area contributed by atoms with E-state index in [0.29, 0.717) is 13.1 Å². The van der Waals surface area contributed by atoms with E-state index in [4.69, 9.17) is 0 Å². The van der Waals surface area contributed by atoms with Gasteiger partial charge >= 0.3 is 0 Å². The quantitative estimate of drug-likeness (QED) is 0.554. The van der Waals surface area contributed by atoms with E-state index < -0.39 is 27.9 Å². The minimum Gasteiger partial charge on any atom is -0.391 e. The fraction of sp³-hybridized carbons (Fsp3) is 0.278. The zero-order chi connectivity index (χ0) is 19.4. The molecule has 1 heterocycles. The average Bonchev–Trinajstić information content (AvgIpc) is 3.06. The third-order valence-electron chi connectivity index (χ3n) is 4.33. The Kier molecular flexibility index (Phi) is 7.36. The second-order valence-corrected chi connectivity index (χ2v) is 8.02. The van der Waals surface area contributed by atoms with Crippen LogP contribution in [0.1, 0.15) is 10.4 Å². The van der Waals surface area contributed by atoms with Gasteiger partial charge in [0, 0.05) is 36.8 Å². The highest BCUT2D eigenvalue weighted by molar-refractivity contribution is 7.92. The van der Waals surface area contributed by atoms with Crippen molar-refractivity contribution in [2.45, 2.75) is 11.0 Å². The maximum Gasteiger partial charge on any atom is 0.261 e. The van der Waals surface area contributed by atoms with Gasteiger partial charge in [-0.25, -0.2) is 12.8 Å². The molecular formula is C18H21ClFN3O4S. The Bertz CT molecular complexity index is 925. The number of amides is 1. The molecule has 152 valence electrons. The Balaban J connectivity index is 0.00000280. The smallest absolute Gasteiger partial charge is 0.261 e. The molecule has 4 N–H and O–H groups in total. The topological polar surface area (TPSA) is 108 Å². The summed E-state index contributed by atoms with van der Waals surface area (Å²) in [5.74, 6) is -0.979. The summed E-state index contributed by atoms with van der Waals surface area (Å²) in [6.45, 7) is 1.39. The Hall–Kier alpha value is -2.20. The van der Waals surface area contributed by atoms with Crippen LogP contribution in [-0.4, -0.2) is 45.2 Å². The van der Waals surface area contributed by atoms with Crippen molar-refractivity contribution in [2.24, 2.45) is 5.92 Å². The molecule has 0 spiro atoms. The van der Waals surface area contributed by atoms with Gasteiger partial charge in [-0.2, -0.15) is 0 Å². The third-order valence-corrected chi connectivity index (χ3v) is 5.71. The van der Waals surface area contributed by atoms with Crippen molar-refractivity contribution in [3.8, 4) is 0 Å². The van der Waals surface area contributed by atoms with Crippen LogP contribution in [0, 0.1) is 11.7 Å². The number of carbonyl (C=O) groups is 1. The van der Waals surface area contributed by atoms with Gasteiger partial charge in [0.25, 0.3) is 15.9 Å². The van der Waals surface area contributed by atoms with Crippen molar-refractivity contribution in [3.63, 3.8) is 0 Å². The van der Waals surface area contributed by atoms with E-state index in [-0.39, 0.29) is 41.0 Å². The Morgan fingerprint density at radius 2 is 1.89 bits per heavy atom. The summed E-state index contributed by atoms with van der Waals surface area (Å²) in [6, 6.07) is 10.5. The number of benzene rings is 2. The van der Waals surface area contributed by atoms with Gasteiger partial charge in [-0.3, -0.25) is 9.52 Å². The molecular weight excluding hydrogens is 409 g/mol. The summed E-state index contributed by atoms with van der Waals surface area (Å²) in [4.78, 5) is 12.2. The minimum atomic E-state index is -3.92. The first-order valence-electron chi connectivity index (χ1n) is 8.40. The van der Waals surface area contributed by atoms with Gasteiger partial charge in [-0.15, -0.1) is 12.4 Å². The van der Waals surface area contributed by atoms with Crippen molar-refractivity contribution in [2.75, 3.05) is 24.4 Å². The molecule has 2 aromatic carbocycles. The van der Waals surface area contributed by atoms with Crippen LogP contribution in [0.5, 0.6) is 0 Å². The summed E-state index contributed by atoms with van der Waals surface area (Å²) in [5.41, 5.74) is 0.409. The van der Waals surface area contributed by atoms with E-state index >= 15 is 0 Å². The molecule has 10 heteroatoms. The summed E-state index contributed by atoms with van der Waals surface area (Å²) in [7, 11) is -3.92. The van der Waals surface area contributed by atoms with E-state index in [2.05, 4.69) is 15.4 Å². The van der Waals surface area contributed by atoms with Crippen LogP contribution in [0.15, 0.2) is 53.4 Å². The molecule has 0 saturated carbocycles. The van der Waals surface area contributed by atoms with Gasteiger partial charge in [-0.1, -0.05) is 6.07 Å². The summed E-state index contributed by atoms with van der Waals surface area (Å²) < 4.78 is 40.3. The van der Waals surface area contributed by atoms with Crippen LogP contribution >= 0.6 is 12.4 Å². The number of aliphatic hydroxyl groups excluding tert-OH is 1. The van der Waals surface area contributed by atoms with Crippen LogP contribution in [0.2, 0.25) is 0 Å². The predicted molar refractivity (Wildman–Crippen MR) is 106 cm³/mol. The van der Waals surface area contributed by atoms with E-state index in [1.807, 2.05) is 0 Å². The van der Waals surface area contributed by atoms with Crippen molar-refractivity contribution in [3.05, 3.63) is 59.9 Å². The molecule has 1 fully saturated rings. The molecule has 0 radical (unpaired) electrons. The second kappa shape index (κ2) is 9.33. The van der Waals surface area contributed by atoms with Crippen molar-refractivity contribution in [1.29, 1.82) is 0 Å². The Morgan fingerprint density at radius 1 is 1.18 bits per heavy atom. The summed E-state index contributed by atoms with van der Waals surface area (Å²) in [6.07, 6.45) is -0.517. The fourth-order valence-electron chi connectivity index (χ4n) is 2.79. The highest BCUT2D eigenvalue weighted by Crippen LogP contribution is 2.18. The van der Waals surface area contributed by atoms with Crippen molar-refractivity contribution in [1.82, 2.24) is 10.6 Å². The molecule has 28 heavy (non-hydrogen) atoms. The van der Waals surface area contributed by atoms with Gasteiger partial charge in [0.2, 0.25) is 0 Å². The lowest BCUT2D eigenvalue weighted by Crippen LogP contribution is -2.34. The molecule has 0 aliphatic carbocycles. The number of β-amino-alcohol motifs (C(OH)–C–C–N with tert-alkyl or cyclic N) is 1. The van der Waals surface area contributed by atoms with Crippen LogP contribution in [-0.2, 0) is 10.0 Å². The third kappa shape index (κ3) is 5.41. The monoisotopic (exact) mass is 429 g/mol. The van der Waals surface area contributed by atoms with Gasteiger partial charge in [0.05, 0.1) is 11.0 Å². The molecule has 7 nitrogen and oxygen atoms in total. The number of aliphatic hydroxyl groups is 1. The summed E-state index contributed by atoms with van der Waals surface area (Å²) >= 11 is 0. The molecule has 0 aromatic heterocycles. The van der Waals surface area contributed by atoms with E-state index in [1.165, 1.54) is 36.4 Å². The fourth-order valence-corrected chi connectivity index (χ4v) is 3.89. The van der Waals surface area contributed by atoms with E-state index in [0.717, 1.165) is 12.1 Å². The lowest BCUT2D eigenvalue weighted by Gasteiger charge is -2.14. The number of nitrogens with one attached hydrogen (secondary N) is 3. The van der Waals surface area contributed by atoms with Crippen molar-refractivity contribution >= 4 is 34.0 Å². The molecule has 1 saturated heterocycles. The molecule has 2 atom stereocenters. The van der Waals surface area contributed by atoms with Crippen LogP contribution < -0.4 is 15.4 Å². The number of anilines is 1. The standard InChI is InChI=1S/C18H20FN3O4S.ClH/c19-14-4-6-15(7-5-14)22-27(25,26)16-3-1-2-12(8-16)18(24)21-10-13-9-20-11-17(13)23;/h1-8,13,17,20,22-23H,9-11H2,(H,21,24);1H. The highest BCUT2D eigenvalue weighted by Gasteiger charge is 2.25. The zero-order valence-corrected chi connectivity index (χ0v) is 16.4. The molecule has 3 rings (SSSR count). The lowest BCUT2D eigenvalue weighted by molar-refractivity contribution is 0.0927.